The largest absolute Gasteiger partial charge is 0.337 e. The Balaban J connectivity index is 2.26. The maximum Gasteiger partial charge on any atom is 0.0945 e. The van der Waals surface area contributed by atoms with Gasteiger partial charge in [0.25, 0.3) is 0 Å². The van der Waals surface area contributed by atoms with Crippen molar-refractivity contribution < 1.29 is 0 Å². The molecule has 0 amide bonds. The quantitative estimate of drug-likeness (QED) is 0.760. The standard InChI is InChI=1S/C11H22N4/c1-11(2,9-12)14(3)6-4-7-15-8-5-13-10-15/h5,8,10H,4,6-7,9,12H2,1-3H3. The summed E-state index contributed by atoms with van der Waals surface area (Å²) in [5.41, 5.74) is 5.81. The lowest BCUT2D eigenvalue weighted by Crippen LogP contribution is -2.47. The van der Waals surface area contributed by atoms with Gasteiger partial charge in [0.2, 0.25) is 0 Å². The first-order valence-electron chi connectivity index (χ1n) is 5.43. The van der Waals surface area contributed by atoms with Crippen LogP contribution in [-0.4, -0.2) is 40.1 Å². The van der Waals surface area contributed by atoms with Crippen molar-refractivity contribution in [1.82, 2.24) is 14.5 Å². The molecule has 0 bridgehead atoms. The summed E-state index contributed by atoms with van der Waals surface area (Å²) in [6.45, 7) is 7.11. The molecule has 0 aliphatic carbocycles. The number of hydrogen-bond donors (Lipinski definition) is 1. The molecule has 0 radical (unpaired) electrons. The molecule has 0 saturated carbocycles. The molecule has 4 heteroatoms. The molecule has 1 rings (SSSR count). The van der Waals surface area contributed by atoms with Gasteiger partial charge in [0.15, 0.2) is 0 Å². The molecule has 15 heavy (non-hydrogen) atoms. The summed E-state index contributed by atoms with van der Waals surface area (Å²) < 4.78 is 2.10. The summed E-state index contributed by atoms with van der Waals surface area (Å²) in [5.74, 6) is 0. The smallest absolute Gasteiger partial charge is 0.0945 e. The Morgan fingerprint density at radius 1 is 1.47 bits per heavy atom. The third-order valence-electron chi connectivity index (χ3n) is 3.00. The van der Waals surface area contributed by atoms with E-state index in [0.717, 1.165) is 19.5 Å². The lowest BCUT2D eigenvalue weighted by molar-refractivity contribution is 0.160. The van der Waals surface area contributed by atoms with Crippen LogP contribution >= 0.6 is 0 Å². The van der Waals surface area contributed by atoms with Crippen LogP contribution in [-0.2, 0) is 6.54 Å². The maximum absolute atomic E-state index is 5.72. The second-order valence-electron chi connectivity index (χ2n) is 4.59. The number of likely N-dealkylation sites (N-methyl/N-ethyl adjacent to an activating group) is 1. The molecule has 1 heterocycles. The van der Waals surface area contributed by atoms with Crippen molar-refractivity contribution in [2.24, 2.45) is 5.73 Å². The molecule has 86 valence electrons. The molecule has 0 aliphatic rings. The predicted molar refractivity (Wildman–Crippen MR) is 62.6 cm³/mol. The van der Waals surface area contributed by atoms with E-state index < -0.39 is 0 Å². The first-order chi connectivity index (χ1) is 7.06. The van der Waals surface area contributed by atoms with E-state index in [1.807, 2.05) is 18.7 Å². The molecule has 0 saturated heterocycles. The maximum atomic E-state index is 5.72. The summed E-state index contributed by atoms with van der Waals surface area (Å²) in [6, 6.07) is 0. The molecule has 0 unspecified atom stereocenters. The minimum Gasteiger partial charge on any atom is -0.337 e. The van der Waals surface area contributed by atoms with E-state index in [0.29, 0.717) is 6.54 Å². The molecule has 0 atom stereocenters. The monoisotopic (exact) mass is 210 g/mol. The van der Waals surface area contributed by atoms with Crippen molar-refractivity contribution in [3.63, 3.8) is 0 Å². The fourth-order valence-corrected chi connectivity index (χ4v) is 1.37. The van der Waals surface area contributed by atoms with Gasteiger partial charge >= 0.3 is 0 Å². The number of aromatic nitrogens is 2. The number of nitrogens with two attached hydrogens (primary N) is 1. The third kappa shape index (κ3) is 3.64. The number of imidazole rings is 1. The van der Waals surface area contributed by atoms with Crippen molar-refractivity contribution >= 4 is 0 Å². The van der Waals surface area contributed by atoms with E-state index in [-0.39, 0.29) is 5.54 Å². The molecule has 1 aromatic rings. The molecular weight excluding hydrogens is 188 g/mol. The van der Waals surface area contributed by atoms with Crippen molar-refractivity contribution in [3.05, 3.63) is 18.7 Å². The highest BCUT2D eigenvalue weighted by molar-refractivity contribution is 4.80. The van der Waals surface area contributed by atoms with Crippen molar-refractivity contribution in [2.45, 2.75) is 32.4 Å². The zero-order valence-electron chi connectivity index (χ0n) is 9.98. The van der Waals surface area contributed by atoms with Crippen LogP contribution in [0.15, 0.2) is 18.7 Å². The fraction of sp³-hybridized carbons (Fsp3) is 0.727. The summed E-state index contributed by atoms with van der Waals surface area (Å²) in [6.07, 6.45) is 6.78. The average Bonchev–Trinajstić information content (AvgIpc) is 2.70. The van der Waals surface area contributed by atoms with Gasteiger partial charge in [-0.3, -0.25) is 4.90 Å². The number of nitrogens with zero attached hydrogens (tertiary/aromatic N) is 3. The van der Waals surface area contributed by atoms with E-state index in [2.05, 4.69) is 35.3 Å². The number of rotatable bonds is 6. The molecule has 0 fully saturated rings. The van der Waals surface area contributed by atoms with Crippen molar-refractivity contribution in [2.75, 3.05) is 20.1 Å². The Morgan fingerprint density at radius 3 is 2.73 bits per heavy atom. The molecule has 1 aromatic heterocycles. The second kappa shape index (κ2) is 5.28. The van der Waals surface area contributed by atoms with Gasteiger partial charge in [-0.05, 0) is 27.3 Å². The van der Waals surface area contributed by atoms with Gasteiger partial charge < -0.3 is 10.3 Å². The van der Waals surface area contributed by atoms with Gasteiger partial charge in [-0.2, -0.15) is 0 Å². The summed E-state index contributed by atoms with van der Waals surface area (Å²) in [4.78, 5) is 6.32. The number of aryl methyl sites for hydroxylation is 1. The van der Waals surface area contributed by atoms with E-state index in [9.17, 15) is 0 Å². The van der Waals surface area contributed by atoms with Gasteiger partial charge in [-0.25, -0.2) is 4.98 Å². The van der Waals surface area contributed by atoms with Gasteiger partial charge in [-0.15, -0.1) is 0 Å². The lowest BCUT2D eigenvalue weighted by atomic mass is 10.0. The lowest BCUT2D eigenvalue weighted by Gasteiger charge is -2.34. The Hall–Kier alpha value is -0.870. The third-order valence-corrected chi connectivity index (χ3v) is 3.00. The van der Waals surface area contributed by atoms with Crippen LogP contribution in [0.2, 0.25) is 0 Å². The van der Waals surface area contributed by atoms with E-state index in [1.165, 1.54) is 0 Å². The van der Waals surface area contributed by atoms with Crippen molar-refractivity contribution in [1.29, 1.82) is 0 Å². The zero-order chi connectivity index (χ0) is 11.3. The van der Waals surface area contributed by atoms with Crippen LogP contribution in [0.1, 0.15) is 20.3 Å². The molecule has 0 spiro atoms. The highest BCUT2D eigenvalue weighted by atomic mass is 15.2. The molecule has 4 nitrogen and oxygen atoms in total. The minimum atomic E-state index is 0.0922. The van der Waals surface area contributed by atoms with Crippen LogP contribution in [0, 0.1) is 0 Å². The summed E-state index contributed by atoms with van der Waals surface area (Å²) in [7, 11) is 2.13. The normalized spacial score (nSPS) is 12.3. The van der Waals surface area contributed by atoms with Crippen LogP contribution in [0.25, 0.3) is 0 Å². The first-order valence-corrected chi connectivity index (χ1v) is 5.43. The second-order valence-corrected chi connectivity index (χ2v) is 4.59. The number of hydrogen-bond acceptors (Lipinski definition) is 3. The highest BCUT2D eigenvalue weighted by Gasteiger charge is 2.20. The molecule has 2 N–H and O–H groups in total. The van der Waals surface area contributed by atoms with Gasteiger partial charge in [-0.1, -0.05) is 0 Å². The van der Waals surface area contributed by atoms with Crippen LogP contribution < -0.4 is 5.73 Å². The highest BCUT2D eigenvalue weighted by Crippen LogP contribution is 2.10. The minimum absolute atomic E-state index is 0.0922. The molecule has 0 aliphatic heterocycles. The van der Waals surface area contributed by atoms with E-state index in [4.69, 9.17) is 5.73 Å². The molecular formula is C11H22N4. The van der Waals surface area contributed by atoms with Crippen molar-refractivity contribution in [3.8, 4) is 0 Å². The van der Waals surface area contributed by atoms with Crippen LogP contribution in [0.5, 0.6) is 0 Å². The summed E-state index contributed by atoms with van der Waals surface area (Å²) in [5, 5.41) is 0. The van der Waals surface area contributed by atoms with Gasteiger partial charge in [0, 0.05) is 37.6 Å². The summed E-state index contributed by atoms with van der Waals surface area (Å²) >= 11 is 0. The Bertz CT molecular complexity index is 266. The average molecular weight is 210 g/mol. The SMILES string of the molecule is CN(CCCn1ccnc1)C(C)(C)CN. The fourth-order valence-electron chi connectivity index (χ4n) is 1.37. The van der Waals surface area contributed by atoms with Crippen LogP contribution in [0.3, 0.4) is 0 Å². The van der Waals surface area contributed by atoms with Gasteiger partial charge in [0.05, 0.1) is 6.33 Å². The first kappa shape index (κ1) is 12.2. The predicted octanol–water partition coefficient (Wildman–Crippen LogP) is 0.942. The Labute approximate surface area is 92.1 Å². The van der Waals surface area contributed by atoms with E-state index in [1.54, 1.807) is 0 Å². The topological polar surface area (TPSA) is 47.1 Å². The molecule has 0 aromatic carbocycles. The Morgan fingerprint density at radius 2 is 2.20 bits per heavy atom. The zero-order valence-corrected chi connectivity index (χ0v) is 9.98. The van der Waals surface area contributed by atoms with E-state index >= 15 is 0 Å². The van der Waals surface area contributed by atoms with Crippen LogP contribution in [0.4, 0.5) is 0 Å². The van der Waals surface area contributed by atoms with Gasteiger partial charge in [0.1, 0.15) is 0 Å². The Kier molecular flexibility index (Phi) is 4.29.